The van der Waals surface area contributed by atoms with Gasteiger partial charge in [0.15, 0.2) is 31.5 Å². The highest BCUT2D eigenvalue weighted by Gasteiger charge is 2.73. The molecule has 0 aromatic rings. The molecule has 5 aliphatic heterocycles. The minimum Gasteiger partial charge on any atom is -0.396 e. The number of rotatable bonds is 17. The summed E-state index contributed by atoms with van der Waals surface area (Å²) in [6.45, 7) is 12.5. The molecule has 16 N–H and O–H groups in total. The number of aliphatic hydroxyl groups is 16. The molecule has 9 rings (SSSR count). The highest BCUT2D eigenvalue weighted by Crippen LogP contribution is 2.75. The van der Waals surface area contributed by atoms with E-state index < -0.39 is 219 Å². The molecule has 0 aromatic carbocycles. The van der Waals surface area contributed by atoms with Crippen molar-refractivity contribution in [2.45, 2.75) is 266 Å². The fraction of sp³-hybridized carbons (Fsp3) is 0.948. The molecule has 27 heteroatoms. The maximum atomic E-state index is 14.8. The van der Waals surface area contributed by atoms with E-state index in [9.17, 15) is 86.5 Å². The van der Waals surface area contributed by atoms with Gasteiger partial charge in [0.2, 0.25) is 0 Å². The Bertz CT molecular complexity index is 2290. The molecule has 5 saturated heterocycles. The summed E-state index contributed by atoms with van der Waals surface area (Å²) in [5.41, 5.74) is -3.58. The second kappa shape index (κ2) is 25.8. The molecule has 0 bridgehead atoms. The van der Waals surface area contributed by atoms with Crippen LogP contribution in [0.3, 0.4) is 0 Å². The normalized spacial score (nSPS) is 52.1. The predicted molar refractivity (Wildman–Crippen MR) is 287 cm³/mol. The zero-order valence-electron chi connectivity index (χ0n) is 49.7. The third-order valence-electron chi connectivity index (χ3n) is 21.7. The first-order chi connectivity index (χ1) is 39.8. The van der Waals surface area contributed by atoms with Crippen LogP contribution in [0, 0.1) is 45.3 Å². The van der Waals surface area contributed by atoms with E-state index in [1.807, 2.05) is 13.8 Å². The molecule has 85 heavy (non-hydrogen) atoms. The third-order valence-corrected chi connectivity index (χ3v) is 21.7. The fourth-order valence-electron chi connectivity index (χ4n) is 17.2. The lowest BCUT2D eigenvalue weighted by Gasteiger charge is -2.70. The first-order valence-corrected chi connectivity index (χ1v) is 30.2. The van der Waals surface area contributed by atoms with Crippen LogP contribution in [-0.2, 0) is 52.2 Å². The monoisotopic (exact) mass is 1220 g/mol. The number of carbonyl (C=O) groups is 1. The summed E-state index contributed by atoms with van der Waals surface area (Å²) in [7, 11) is 0. The van der Waals surface area contributed by atoms with E-state index in [-0.39, 0.29) is 37.1 Å². The Kier molecular flexibility index (Phi) is 20.6. The Morgan fingerprint density at radius 3 is 1.84 bits per heavy atom. The van der Waals surface area contributed by atoms with Crippen LogP contribution in [-0.4, -0.2) is 280 Å². The Morgan fingerprint density at radius 2 is 1.19 bits per heavy atom. The second-order valence-electron chi connectivity index (χ2n) is 27.6. The molecule has 490 valence electrons. The number of fused-ring (bicyclic) bond motifs is 5. The molecular formula is C58H96O27. The average Bonchev–Trinajstić information content (AvgIpc) is 1.67. The lowest BCUT2D eigenvalue weighted by molar-refractivity contribution is -0.398. The molecule has 0 spiro atoms. The van der Waals surface area contributed by atoms with Gasteiger partial charge in [-0.25, -0.2) is 0 Å². The Balaban J connectivity index is 0.960. The molecule has 4 saturated carbocycles. The van der Waals surface area contributed by atoms with Crippen molar-refractivity contribution >= 4 is 5.78 Å². The van der Waals surface area contributed by atoms with E-state index in [1.54, 1.807) is 13.0 Å². The van der Waals surface area contributed by atoms with E-state index in [0.717, 1.165) is 5.57 Å². The molecule has 4 aliphatic carbocycles. The van der Waals surface area contributed by atoms with Crippen LogP contribution in [0.2, 0.25) is 0 Å². The average molecular weight is 1230 g/mol. The second-order valence-corrected chi connectivity index (χ2v) is 27.6. The highest BCUT2D eigenvalue weighted by atomic mass is 16.8. The number of ether oxygens (including phenoxy) is 10. The molecule has 0 aromatic heterocycles. The molecule has 0 amide bonds. The Hall–Kier alpha value is -1.63. The minimum absolute atomic E-state index is 0.0188. The molecule has 0 radical (unpaired) electrons. The standard InChI is InChI=1S/C58H96O27/c1-23(2)15-25(79-51-45(74)41(70)38(67)30(18-59)80-51)16-57(8,75)35-26-9-10-33-55(6)13-12-34(54(4,5)32(55)11-14-56(33,7)58(26,22-61)17-27(35)62)82-52-48(85-50-44(73)40(69)36(65)24(3)78-50)46(29(64)21-77-52)83-53-47(42(71)39(68)31(19-60)81-53)84-49-43(72)37(66)28(63)20-76-49/h15,24-26,28-53,59-61,63-75H,9-14,16-22H2,1-8H3/t24-,25-,26+,28+,29-,30+,31+,32-,33+,34-,35+,36+,37-,38+,39+,40+,41-,42-,43+,44-,45+,46-,47+,48+,49-,50-,51+,52-,53-,55-,56+,57-,58-/m0/s1. The number of Topliss-reactive ketones (excluding diaryl/α,β-unsaturated/α-hetero) is 1. The first-order valence-electron chi connectivity index (χ1n) is 30.2. The summed E-state index contributed by atoms with van der Waals surface area (Å²) >= 11 is 0. The van der Waals surface area contributed by atoms with Gasteiger partial charge in [0.25, 0.3) is 0 Å². The summed E-state index contributed by atoms with van der Waals surface area (Å²) in [5, 5.41) is 175. The summed E-state index contributed by atoms with van der Waals surface area (Å²) in [6.07, 6.45) is -34.3. The number of hydrogen-bond donors (Lipinski definition) is 16. The van der Waals surface area contributed by atoms with E-state index in [0.29, 0.717) is 38.5 Å². The molecular weight excluding hydrogens is 1130 g/mol. The predicted octanol–water partition coefficient (Wildman–Crippen LogP) is -3.92. The molecule has 9 aliphatic rings. The first kappa shape index (κ1) is 67.8. The van der Waals surface area contributed by atoms with E-state index in [2.05, 4.69) is 27.7 Å². The van der Waals surface area contributed by atoms with Gasteiger partial charge in [-0.15, -0.1) is 0 Å². The number of ketones is 1. The van der Waals surface area contributed by atoms with Crippen molar-refractivity contribution < 1.29 is 134 Å². The third kappa shape index (κ3) is 12.1. The van der Waals surface area contributed by atoms with Gasteiger partial charge in [-0.2, -0.15) is 0 Å². The number of carbonyl (C=O) groups excluding carboxylic acids is 1. The molecule has 27 nitrogen and oxygen atoms in total. The Morgan fingerprint density at radius 1 is 0.612 bits per heavy atom. The van der Waals surface area contributed by atoms with Crippen molar-refractivity contribution in [1.29, 1.82) is 0 Å². The molecule has 9 fully saturated rings. The maximum absolute atomic E-state index is 14.8. The van der Waals surface area contributed by atoms with E-state index >= 15 is 0 Å². The van der Waals surface area contributed by atoms with Gasteiger partial charge >= 0.3 is 0 Å². The lowest BCUT2D eigenvalue weighted by Crippen LogP contribution is -2.67. The quantitative estimate of drug-likeness (QED) is 0.0489. The van der Waals surface area contributed by atoms with Crippen LogP contribution in [0.1, 0.15) is 107 Å². The zero-order chi connectivity index (χ0) is 62.4. The van der Waals surface area contributed by atoms with Crippen molar-refractivity contribution in [3.8, 4) is 0 Å². The fourth-order valence-corrected chi connectivity index (χ4v) is 17.2. The molecule has 0 unspecified atom stereocenters. The van der Waals surface area contributed by atoms with Crippen molar-refractivity contribution in [1.82, 2.24) is 0 Å². The maximum Gasteiger partial charge on any atom is 0.187 e. The van der Waals surface area contributed by atoms with Gasteiger partial charge in [-0.05, 0) is 100 Å². The van der Waals surface area contributed by atoms with Gasteiger partial charge in [0.05, 0.1) is 50.3 Å². The van der Waals surface area contributed by atoms with Crippen molar-refractivity contribution in [3.05, 3.63) is 11.6 Å². The Labute approximate surface area is 494 Å². The SMILES string of the molecule is CC(C)=C[C@@H](C[C@](C)(O)[C@H]1C(=O)C[C@]2(CO)[C@@H]1CC[C@@H]1[C@@]3(C)CC[C@H](O[C@@H]4OC[C@H](O)[C@H](O[C@@H]5O[C@H](CO)[C@@H](O)[C@H](O)[C@H]5O[C@@H]5OC[C@@H](O)[C@H](O)[C@H]5O)[C@H]4O[C@@H]4O[C@@H](C)[C@@H](O)[C@@H](O)[C@@H]4O)C(C)(C)[C@@H]3CC[C@]12C)O[C@@H]1O[C@H](CO)[C@@H](O)[C@H](O)[C@H]1O. The van der Waals surface area contributed by atoms with Crippen LogP contribution < -0.4 is 0 Å². The topological polar surface area (TPSA) is 433 Å². The molecule has 5 heterocycles. The summed E-state index contributed by atoms with van der Waals surface area (Å²) < 4.78 is 61.2. The van der Waals surface area contributed by atoms with Gasteiger partial charge in [-0.1, -0.05) is 39.3 Å². The largest absolute Gasteiger partial charge is 0.396 e. The summed E-state index contributed by atoms with van der Waals surface area (Å²) in [5.74, 6) is -1.66. The van der Waals surface area contributed by atoms with Gasteiger partial charge in [0.1, 0.15) is 110 Å². The number of allylic oxidation sites excluding steroid dienone is 1. The highest BCUT2D eigenvalue weighted by molar-refractivity contribution is 5.86. The summed E-state index contributed by atoms with van der Waals surface area (Å²) in [6, 6.07) is 0. The zero-order valence-corrected chi connectivity index (χ0v) is 49.7. The van der Waals surface area contributed by atoms with Crippen LogP contribution in [0.25, 0.3) is 0 Å². The van der Waals surface area contributed by atoms with Gasteiger partial charge in [-0.3, -0.25) is 4.79 Å². The van der Waals surface area contributed by atoms with Crippen LogP contribution in [0.5, 0.6) is 0 Å². The smallest absolute Gasteiger partial charge is 0.187 e. The van der Waals surface area contributed by atoms with Crippen molar-refractivity contribution in [2.24, 2.45) is 45.3 Å². The van der Waals surface area contributed by atoms with E-state index in [4.69, 9.17) is 47.4 Å². The van der Waals surface area contributed by atoms with Crippen molar-refractivity contribution in [2.75, 3.05) is 33.0 Å². The minimum atomic E-state index is -1.93. The van der Waals surface area contributed by atoms with Crippen LogP contribution >= 0.6 is 0 Å². The lowest BCUT2D eigenvalue weighted by atomic mass is 9.35. The number of hydrogen-bond acceptors (Lipinski definition) is 27. The van der Waals surface area contributed by atoms with E-state index in [1.165, 1.54) is 6.92 Å². The van der Waals surface area contributed by atoms with Crippen molar-refractivity contribution in [3.63, 3.8) is 0 Å². The summed E-state index contributed by atoms with van der Waals surface area (Å²) in [4.78, 5) is 14.8. The van der Waals surface area contributed by atoms with Gasteiger partial charge < -0.3 is 129 Å². The van der Waals surface area contributed by atoms with Crippen LogP contribution in [0.4, 0.5) is 0 Å². The molecule has 33 atom stereocenters. The van der Waals surface area contributed by atoms with Gasteiger partial charge in [0, 0.05) is 30.8 Å². The number of aliphatic hydroxyl groups excluding tert-OH is 15. The van der Waals surface area contributed by atoms with Crippen LogP contribution in [0.15, 0.2) is 11.6 Å².